The summed E-state index contributed by atoms with van der Waals surface area (Å²) in [5, 5.41) is 16.5. The van der Waals surface area contributed by atoms with E-state index in [4.69, 9.17) is 10.8 Å². The van der Waals surface area contributed by atoms with Crippen molar-refractivity contribution < 1.29 is 24.3 Å². The van der Waals surface area contributed by atoms with E-state index < -0.39 is 48.4 Å². The number of carbonyl (C=O) groups is 4. The minimum Gasteiger partial charge on any atom is -0.480 e. The monoisotopic (exact) mass is 414 g/mol. The molecule has 5 atom stereocenters. The highest BCUT2D eigenvalue weighted by molar-refractivity contribution is 5.93. The second kappa shape index (κ2) is 13.1. The number of carbonyl (C=O) groups excluding carboxylic acids is 3. The van der Waals surface area contributed by atoms with Gasteiger partial charge in [-0.05, 0) is 24.2 Å². The van der Waals surface area contributed by atoms with Crippen molar-refractivity contribution in [1.82, 2.24) is 16.0 Å². The Morgan fingerprint density at radius 2 is 1.41 bits per heavy atom. The van der Waals surface area contributed by atoms with Crippen molar-refractivity contribution in [2.45, 2.75) is 78.9 Å². The van der Waals surface area contributed by atoms with Crippen LogP contribution in [-0.4, -0.2) is 53.5 Å². The molecule has 5 unspecified atom stereocenters. The molecule has 3 amide bonds. The van der Waals surface area contributed by atoms with Gasteiger partial charge in [-0.2, -0.15) is 0 Å². The molecule has 0 rings (SSSR count). The molecular formula is C20H38N4O5. The SMILES string of the molecule is CCC(C)C(N)C(=O)NC(CC(C)C)C(=O)NC(C(=O)NCC(=O)O)C(C)CC. The van der Waals surface area contributed by atoms with Gasteiger partial charge in [0.1, 0.15) is 18.6 Å². The van der Waals surface area contributed by atoms with E-state index in [-0.39, 0.29) is 17.8 Å². The molecule has 168 valence electrons. The molecule has 0 saturated carbocycles. The average Bonchev–Trinajstić information content (AvgIpc) is 2.66. The van der Waals surface area contributed by atoms with Crippen LogP contribution in [0.5, 0.6) is 0 Å². The molecule has 0 bridgehead atoms. The summed E-state index contributed by atoms with van der Waals surface area (Å²) >= 11 is 0. The lowest BCUT2D eigenvalue weighted by atomic mass is 9.96. The van der Waals surface area contributed by atoms with Crippen LogP contribution in [-0.2, 0) is 19.2 Å². The number of nitrogens with one attached hydrogen (secondary N) is 3. The Hall–Kier alpha value is -2.16. The average molecular weight is 415 g/mol. The Morgan fingerprint density at radius 1 is 0.862 bits per heavy atom. The molecule has 0 saturated heterocycles. The van der Waals surface area contributed by atoms with Crippen molar-refractivity contribution in [3.63, 3.8) is 0 Å². The van der Waals surface area contributed by atoms with Crippen LogP contribution in [0.4, 0.5) is 0 Å². The van der Waals surface area contributed by atoms with Crippen LogP contribution in [0.1, 0.15) is 60.8 Å². The molecule has 9 heteroatoms. The lowest BCUT2D eigenvalue weighted by Gasteiger charge is -2.28. The van der Waals surface area contributed by atoms with E-state index in [1.54, 1.807) is 6.92 Å². The van der Waals surface area contributed by atoms with Crippen molar-refractivity contribution in [2.24, 2.45) is 23.5 Å². The van der Waals surface area contributed by atoms with Gasteiger partial charge in [0.25, 0.3) is 0 Å². The largest absolute Gasteiger partial charge is 0.480 e. The smallest absolute Gasteiger partial charge is 0.322 e. The van der Waals surface area contributed by atoms with Crippen LogP contribution in [0.15, 0.2) is 0 Å². The van der Waals surface area contributed by atoms with Gasteiger partial charge in [-0.3, -0.25) is 19.2 Å². The predicted octanol–water partition coefficient (Wildman–Crippen LogP) is 0.622. The summed E-state index contributed by atoms with van der Waals surface area (Å²) in [6.07, 6.45) is 1.72. The van der Waals surface area contributed by atoms with Gasteiger partial charge in [-0.1, -0.05) is 54.4 Å². The fourth-order valence-electron chi connectivity index (χ4n) is 2.71. The first-order chi connectivity index (χ1) is 13.4. The van der Waals surface area contributed by atoms with E-state index >= 15 is 0 Å². The zero-order valence-electron chi connectivity index (χ0n) is 18.5. The molecule has 0 aliphatic carbocycles. The number of nitrogens with two attached hydrogens (primary N) is 1. The van der Waals surface area contributed by atoms with Gasteiger partial charge in [0, 0.05) is 0 Å². The van der Waals surface area contributed by atoms with Gasteiger partial charge >= 0.3 is 5.97 Å². The fourth-order valence-corrected chi connectivity index (χ4v) is 2.71. The number of carboxylic acids is 1. The molecule has 6 N–H and O–H groups in total. The molecule has 0 aliphatic rings. The summed E-state index contributed by atoms with van der Waals surface area (Å²) in [5.74, 6) is -2.76. The molecule has 0 aromatic rings. The first kappa shape index (κ1) is 26.8. The molecule has 0 heterocycles. The Kier molecular flexibility index (Phi) is 12.2. The van der Waals surface area contributed by atoms with Crippen molar-refractivity contribution in [1.29, 1.82) is 0 Å². The third-order valence-corrected chi connectivity index (χ3v) is 5.11. The molecule has 0 fully saturated rings. The molecule has 0 aliphatic heterocycles. The number of carboxylic acid groups (broad SMARTS) is 1. The van der Waals surface area contributed by atoms with Crippen LogP contribution in [0.25, 0.3) is 0 Å². The van der Waals surface area contributed by atoms with Crippen LogP contribution in [0.3, 0.4) is 0 Å². The van der Waals surface area contributed by atoms with E-state index in [9.17, 15) is 19.2 Å². The first-order valence-corrected chi connectivity index (χ1v) is 10.3. The molecule has 0 aromatic carbocycles. The molecule has 0 spiro atoms. The molecule has 0 radical (unpaired) electrons. The third-order valence-electron chi connectivity index (χ3n) is 5.11. The standard InChI is InChI=1S/C20H38N4O5/c1-7-12(5)16(21)19(28)23-14(9-11(3)4)18(27)24-17(13(6)8-2)20(29)22-10-15(25)26/h11-14,16-17H,7-10,21H2,1-6H3,(H,22,29)(H,23,28)(H,24,27)(H,25,26). The van der Waals surface area contributed by atoms with Gasteiger partial charge < -0.3 is 26.8 Å². The van der Waals surface area contributed by atoms with Crippen molar-refractivity contribution >= 4 is 23.7 Å². The Morgan fingerprint density at radius 3 is 1.86 bits per heavy atom. The van der Waals surface area contributed by atoms with Gasteiger partial charge in [-0.15, -0.1) is 0 Å². The second-order valence-electron chi connectivity index (χ2n) is 8.09. The summed E-state index contributed by atoms with van der Waals surface area (Å²) < 4.78 is 0. The van der Waals surface area contributed by atoms with Gasteiger partial charge in [0.15, 0.2) is 0 Å². The van der Waals surface area contributed by atoms with Crippen LogP contribution in [0.2, 0.25) is 0 Å². The lowest BCUT2D eigenvalue weighted by Crippen LogP contribution is -2.58. The molecule has 9 nitrogen and oxygen atoms in total. The van der Waals surface area contributed by atoms with E-state index in [1.807, 2.05) is 34.6 Å². The highest BCUT2D eigenvalue weighted by Gasteiger charge is 2.31. The quantitative estimate of drug-likeness (QED) is 0.298. The van der Waals surface area contributed by atoms with Gasteiger partial charge in [0.05, 0.1) is 6.04 Å². The topological polar surface area (TPSA) is 151 Å². The van der Waals surface area contributed by atoms with E-state index in [0.717, 1.165) is 6.42 Å². The Balaban J connectivity index is 5.34. The Labute approximate surface area is 173 Å². The molecular weight excluding hydrogens is 376 g/mol. The third kappa shape index (κ3) is 9.74. The summed E-state index contributed by atoms with van der Waals surface area (Å²) in [5.41, 5.74) is 5.97. The minimum atomic E-state index is -1.17. The second-order valence-corrected chi connectivity index (χ2v) is 8.09. The van der Waals surface area contributed by atoms with Crippen LogP contribution >= 0.6 is 0 Å². The number of amides is 3. The number of rotatable bonds is 13. The van der Waals surface area contributed by atoms with Gasteiger partial charge in [-0.25, -0.2) is 0 Å². The molecule has 0 aromatic heterocycles. The number of aliphatic carboxylic acids is 1. The van der Waals surface area contributed by atoms with Crippen molar-refractivity contribution in [3.05, 3.63) is 0 Å². The van der Waals surface area contributed by atoms with Crippen molar-refractivity contribution in [3.8, 4) is 0 Å². The summed E-state index contributed by atoms with van der Waals surface area (Å²) in [7, 11) is 0. The summed E-state index contributed by atoms with van der Waals surface area (Å²) in [6, 6.07) is -2.47. The molecule has 29 heavy (non-hydrogen) atoms. The van der Waals surface area contributed by atoms with Crippen molar-refractivity contribution in [2.75, 3.05) is 6.54 Å². The zero-order chi connectivity index (χ0) is 22.7. The normalized spacial score (nSPS) is 16.3. The Bertz CT molecular complexity index is 567. The maximum atomic E-state index is 12.9. The number of hydrogen-bond donors (Lipinski definition) is 5. The predicted molar refractivity (Wildman–Crippen MR) is 111 cm³/mol. The van der Waals surface area contributed by atoms with Gasteiger partial charge in [0.2, 0.25) is 17.7 Å². The van der Waals surface area contributed by atoms with E-state index in [1.165, 1.54) is 0 Å². The summed E-state index contributed by atoms with van der Waals surface area (Å²) in [4.78, 5) is 48.5. The van der Waals surface area contributed by atoms with E-state index in [2.05, 4.69) is 16.0 Å². The highest BCUT2D eigenvalue weighted by atomic mass is 16.4. The summed E-state index contributed by atoms with van der Waals surface area (Å²) in [6.45, 7) is 10.8. The maximum absolute atomic E-state index is 12.9. The zero-order valence-corrected chi connectivity index (χ0v) is 18.5. The van der Waals surface area contributed by atoms with E-state index in [0.29, 0.717) is 12.8 Å². The lowest BCUT2D eigenvalue weighted by molar-refractivity contribution is -0.139. The maximum Gasteiger partial charge on any atom is 0.322 e. The number of hydrogen-bond acceptors (Lipinski definition) is 5. The van der Waals surface area contributed by atoms with Crippen LogP contribution in [0, 0.1) is 17.8 Å². The van der Waals surface area contributed by atoms with Crippen LogP contribution < -0.4 is 21.7 Å². The highest BCUT2D eigenvalue weighted by Crippen LogP contribution is 2.12. The first-order valence-electron chi connectivity index (χ1n) is 10.3. The minimum absolute atomic E-state index is 0.0348. The fraction of sp³-hybridized carbons (Fsp3) is 0.800.